The molecule has 1 aliphatic heterocycles. The summed E-state index contributed by atoms with van der Waals surface area (Å²) in [6, 6.07) is 0. The van der Waals surface area contributed by atoms with Gasteiger partial charge in [-0.05, 0) is 0 Å². The van der Waals surface area contributed by atoms with Gasteiger partial charge in [-0.1, -0.05) is 15.9 Å². The van der Waals surface area contributed by atoms with Crippen molar-refractivity contribution in [2.24, 2.45) is 0 Å². The van der Waals surface area contributed by atoms with E-state index in [9.17, 15) is 14.4 Å². The normalized spacial score (nSPS) is 23.4. The number of imide groups is 1. The van der Waals surface area contributed by atoms with E-state index >= 15 is 0 Å². The van der Waals surface area contributed by atoms with Gasteiger partial charge in [0.05, 0.1) is 7.11 Å². The Bertz CT molecular complexity index is 266. The number of alkyl halides is 1. The Labute approximate surface area is 81.7 Å². The summed E-state index contributed by atoms with van der Waals surface area (Å²) in [5.41, 5.74) is 0. The third-order valence-electron chi connectivity index (χ3n) is 1.41. The topological polar surface area (TPSA) is 81.7 Å². The lowest BCUT2D eigenvalue weighted by Crippen LogP contribution is -2.36. The highest BCUT2D eigenvalue weighted by atomic mass is 79.9. The van der Waals surface area contributed by atoms with E-state index in [4.69, 9.17) is 0 Å². The second-order valence-electron chi connectivity index (χ2n) is 2.24. The Morgan fingerprint density at radius 1 is 1.69 bits per heavy atom. The van der Waals surface area contributed by atoms with Gasteiger partial charge < -0.3 is 9.47 Å². The number of carbonyl (C=O) groups is 3. The number of hydrogen-bond donors (Lipinski definition) is 1. The van der Waals surface area contributed by atoms with Gasteiger partial charge in [0.2, 0.25) is 6.10 Å². The van der Waals surface area contributed by atoms with E-state index in [1.54, 1.807) is 0 Å². The molecule has 0 aromatic rings. The average Bonchev–Trinajstić information content (AvgIpc) is 2.42. The highest BCUT2D eigenvalue weighted by molar-refractivity contribution is 9.10. The zero-order valence-corrected chi connectivity index (χ0v) is 8.16. The molecule has 0 spiro atoms. The molecule has 1 aliphatic rings. The Morgan fingerprint density at radius 2 is 2.31 bits per heavy atom. The molecule has 0 bridgehead atoms. The molecule has 0 saturated carbocycles. The zero-order valence-electron chi connectivity index (χ0n) is 6.57. The zero-order chi connectivity index (χ0) is 10.0. The van der Waals surface area contributed by atoms with Crippen LogP contribution in [-0.2, 0) is 19.1 Å². The summed E-state index contributed by atoms with van der Waals surface area (Å²) >= 11 is 2.89. The predicted octanol–water partition coefficient (Wildman–Crippen LogP) is -0.442. The maximum absolute atomic E-state index is 11.0. The van der Waals surface area contributed by atoms with Crippen molar-refractivity contribution in [2.75, 3.05) is 7.11 Å². The van der Waals surface area contributed by atoms with E-state index in [0.717, 1.165) is 0 Å². The summed E-state index contributed by atoms with van der Waals surface area (Å²) in [5, 5.41) is 1.89. The highest BCUT2D eigenvalue weighted by Gasteiger charge is 2.41. The van der Waals surface area contributed by atoms with Crippen molar-refractivity contribution in [3.05, 3.63) is 0 Å². The molecule has 1 saturated heterocycles. The Morgan fingerprint density at radius 3 is 2.69 bits per heavy atom. The van der Waals surface area contributed by atoms with Crippen LogP contribution in [0.3, 0.4) is 0 Å². The SMILES string of the molecule is COC(=O)C(Br)C1OC(=O)NC1=O. The first kappa shape index (κ1) is 9.97. The highest BCUT2D eigenvalue weighted by Crippen LogP contribution is 2.15. The molecule has 0 aliphatic carbocycles. The molecule has 7 heteroatoms. The van der Waals surface area contributed by atoms with Gasteiger partial charge in [-0.15, -0.1) is 0 Å². The minimum Gasteiger partial charge on any atom is -0.468 e. The van der Waals surface area contributed by atoms with Crippen LogP contribution in [0, 0.1) is 0 Å². The molecular formula is C6H6BrNO5. The average molecular weight is 252 g/mol. The standard InChI is InChI=1S/C6H6BrNO5/c1-12-5(10)2(7)3-4(9)8-6(11)13-3/h2-3H,1H3,(H,8,9,11). The number of esters is 1. The fourth-order valence-corrected chi connectivity index (χ4v) is 1.33. The molecule has 0 aromatic heterocycles. The number of halogens is 1. The van der Waals surface area contributed by atoms with Crippen molar-refractivity contribution >= 4 is 33.9 Å². The molecule has 6 nitrogen and oxygen atoms in total. The second-order valence-corrected chi connectivity index (χ2v) is 3.23. The minimum absolute atomic E-state index is 0.655. The molecule has 1 fully saturated rings. The number of nitrogens with one attached hydrogen (secondary N) is 1. The van der Waals surface area contributed by atoms with Gasteiger partial charge >= 0.3 is 12.1 Å². The number of methoxy groups -OCH3 is 1. The van der Waals surface area contributed by atoms with E-state index in [1.165, 1.54) is 7.11 Å². The van der Waals surface area contributed by atoms with Crippen LogP contribution in [0.4, 0.5) is 4.79 Å². The van der Waals surface area contributed by atoms with E-state index in [2.05, 4.69) is 25.4 Å². The number of ether oxygens (including phenoxy) is 2. The number of cyclic esters (lactones) is 1. The van der Waals surface area contributed by atoms with Gasteiger partial charge in [0.1, 0.15) is 0 Å². The molecule has 1 N–H and O–H groups in total. The maximum atomic E-state index is 11.0. The van der Waals surface area contributed by atoms with E-state index in [0.29, 0.717) is 0 Å². The Hall–Kier alpha value is -1.11. The van der Waals surface area contributed by atoms with Crippen molar-refractivity contribution < 1.29 is 23.9 Å². The van der Waals surface area contributed by atoms with Crippen LogP contribution >= 0.6 is 15.9 Å². The number of amides is 2. The lowest BCUT2D eigenvalue weighted by atomic mass is 10.2. The third kappa shape index (κ3) is 1.97. The molecule has 72 valence electrons. The van der Waals surface area contributed by atoms with Gasteiger partial charge in [-0.2, -0.15) is 0 Å². The van der Waals surface area contributed by atoms with Crippen molar-refractivity contribution in [2.45, 2.75) is 10.9 Å². The number of alkyl carbamates (subject to hydrolysis) is 1. The maximum Gasteiger partial charge on any atom is 0.414 e. The van der Waals surface area contributed by atoms with E-state index in [1.807, 2.05) is 5.32 Å². The van der Waals surface area contributed by atoms with Gasteiger partial charge in [0, 0.05) is 0 Å². The lowest BCUT2D eigenvalue weighted by molar-refractivity contribution is -0.143. The largest absolute Gasteiger partial charge is 0.468 e. The summed E-state index contributed by atoms with van der Waals surface area (Å²) in [6.45, 7) is 0. The van der Waals surface area contributed by atoms with Crippen LogP contribution in [0.15, 0.2) is 0 Å². The first-order valence-electron chi connectivity index (χ1n) is 3.29. The summed E-state index contributed by atoms with van der Waals surface area (Å²) in [4.78, 5) is 31.4. The Kier molecular flexibility index (Phi) is 2.86. The van der Waals surface area contributed by atoms with Crippen LogP contribution in [0.5, 0.6) is 0 Å². The first-order chi connectivity index (χ1) is 6.06. The van der Waals surface area contributed by atoms with Crippen molar-refractivity contribution in [3.63, 3.8) is 0 Å². The minimum atomic E-state index is -1.15. The summed E-state index contributed by atoms with van der Waals surface area (Å²) in [5.74, 6) is -1.33. The fraction of sp³-hybridized carbons (Fsp3) is 0.500. The predicted molar refractivity (Wildman–Crippen MR) is 43.1 cm³/mol. The Balaban J connectivity index is 2.67. The molecule has 13 heavy (non-hydrogen) atoms. The second kappa shape index (κ2) is 3.73. The van der Waals surface area contributed by atoms with Gasteiger partial charge in [0.25, 0.3) is 5.91 Å². The molecule has 1 rings (SSSR count). The van der Waals surface area contributed by atoms with E-state index < -0.39 is 28.9 Å². The number of hydrogen-bond acceptors (Lipinski definition) is 5. The van der Waals surface area contributed by atoms with Gasteiger partial charge in [-0.25, -0.2) is 4.79 Å². The lowest BCUT2D eigenvalue weighted by Gasteiger charge is -2.10. The van der Waals surface area contributed by atoms with Crippen molar-refractivity contribution in [1.82, 2.24) is 5.32 Å². The van der Waals surface area contributed by atoms with Gasteiger partial charge in [-0.3, -0.25) is 14.9 Å². The first-order valence-corrected chi connectivity index (χ1v) is 4.21. The molecule has 2 atom stereocenters. The third-order valence-corrected chi connectivity index (χ3v) is 2.26. The van der Waals surface area contributed by atoms with E-state index in [-0.39, 0.29) is 0 Å². The summed E-state index contributed by atoms with van der Waals surface area (Å²) in [7, 11) is 1.17. The molecule has 1 heterocycles. The van der Waals surface area contributed by atoms with Crippen LogP contribution < -0.4 is 5.32 Å². The summed E-state index contributed by atoms with van der Waals surface area (Å²) in [6.07, 6.45) is -2.01. The van der Waals surface area contributed by atoms with Crippen molar-refractivity contribution in [1.29, 1.82) is 0 Å². The quantitative estimate of drug-likeness (QED) is 0.532. The number of rotatable bonds is 2. The van der Waals surface area contributed by atoms with Crippen LogP contribution in [0.1, 0.15) is 0 Å². The molecular weight excluding hydrogens is 246 g/mol. The number of carbonyl (C=O) groups excluding carboxylic acids is 3. The molecule has 0 radical (unpaired) electrons. The fourth-order valence-electron chi connectivity index (χ4n) is 0.799. The monoisotopic (exact) mass is 251 g/mol. The van der Waals surface area contributed by atoms with Crippen LogP contribution in [-0.4, -0.2) is 36.0 Å². The van der Waals surface area contributed by atoms with Crippen LogP contribution in [0.2, 0.25) is 0 Å². The molecule has 0 aromatic carbocycles. The molecule has 2 unspecified atom stereocenters. The van der Waals surface area contributed by atoms with Crippen molar-refractivity contribution in [3.8, 4) is 0 Å². The smallest absolute Gasteiger partial charge is 0.414 e. The van der Waals surface area contributed by atoms with Crippen LogP contribution in [0.25, 0.3) is 0 Å². The molecule has 2 amide bonds. The van der Waals surface area contributed by atoms with Gasteiger partial charge in [0.15, 0.2) is 4.83 Å². The summed E-state index contributed by atoms with van der Waals surface area (Å²) < 4.78 is 8.86.